The van der Waals surface area contributed by atoms with Crippen molar-refractivity contribution in [2.75, 3.05) is 18.6 Å². The lowest BCUT2D eigenvalue weighted by molar-refractivity contribution is -0.123. The maximum absolute atomic E-state index is 13.4. The van der Waals surface area contributed by atoms with E-state index in [1.807, 2.05) is 12.1 Å². The number of esters is 1. The minimum absolute atomic E-state index is 0.106. The van der Waals surface area contributed by atoms with Crippen LogP contribution >= 0.6 is 0 Å². The molecule has 1 aliphatic heterocycles. The van der Waals surface area contributed by atoms with E-state index in [1.165, 1.54) is 12.0 Å². The van der Waals surface area contributed by atoms with Crippen LogP contribution in [-0.4, -0.2) is 42.3 Å². The number of imide groups is 1. The zero-order chi connectivity index (χ0) is 29.0. The Morgan fingerprint density at radius 3 is 2.38 bits per heavy atom. The molecular formula is C34H28N2O6. The second-order valence-corrected chi connectivity index (χ2v) is 11.3. The monoisotopic (exact) mass is 560 g/mol. The van der Waals surface area contributed by atoms with Gasteiger partial charge in [-0.25, -0.2) is 9.78 Å². The summed E-state index contributed by atoms with van der Waals surface area (Å²) in [5.41, 5.74) is 2.87. The van der Waals surface area contributed by atoms with Gasteiger partial charge in [-0.3, -0.25) is 19.3 Å². The summed E-state index contributed by atoms with van der Waals surface area (Å²) in [6.07, 6.45) is 3.01. The molecule has 1 aromatic heterocycles. The highest BCUT2D eigenvalue weighted by Crippen LogP contribution is 2.56. The number of nitrogens with zero attached hydrogens (tertiary/aromatic N) is 2. The number of methoxy groups -OCH3 is 1. The highest BCUT2D eigenvalue weighted by atomic mass is 16.5. The molecule has 2 saturated carbocycles. The van der Waals surface area contributed by atoms with Crippen LogP contribution in [0.5, 0.6) is 5.75 Å². The van der Waals surface area contributed by atoms with Gasteiger partial charge in [-0.1, -0.05) is 42.5 Å². The van der Waals surface area contributed by atoms with Crippen LogP contribution in [0.4, 0.5) is 5.69 Å². The first-order valence-corrected chi connectivity index (χ1v) is 14.2. The smallest absolute Gasteiger partial charge is 0.339 e. The number of carbonyl (C=O) groups is 4. The largest absolute Gasteiger partial charge is 0.497 e. The van der Waals surface area contributed by atoms with E-state index in [-0.39, 0.29) is 35.0 Å². The minimum Gasteiger partial charge on any atom is -0.497 e. The number of carbonyl (C=O) groups excluding carboxylic acids is 4. The first-order valence-electron chi connectivity index (χ1n) is 14.2. The average molecular weight is 561 g/mol. The van der Waals surface area contributed by atoms with Crippen LogP contribution < -0.4 is 9.64 Å². The Morgan fingerprint density at radius 2 is 1.62 bits per heavy atom. The summed E-state index contributed by atoms with van der Waals surface area (Å²) in [5, 5.41) is 0.587. The van der Waals surface area contributed by atoms with Crippen LogP contribution in [-0.2, 0) is 14.3 Å². The normalized spacial score (nSPS) is 22.5. The molecule has 0 spiro atoms. The van der Waals surface area contributed by atoms with Crippen molar-refractivity contribution in [1.29, 1.82) is 0 Å². The maximum Gasteiger partial charge on any atom is 0.339 e. The van der Waals surface area contributed by atoms with Gasteiger partial charge < -0.3 is 9.47 Å². The van der Waals surface area contributed by atoms with Gasteiger partial charge in [0.1, 0.15) is 5.75 Å². The summed E-state index contributed by atoms with van der Waals surface area (Å²) >= 11 is 0. The van der Waals surface area contributed by atoms with Gasteiger partial charge in [0.25, 0.3) is 0 Å². The number of ether oxygens (including phenoxy) is 2. The molecule has 3 aromatic carbocycles. The van der Waals surface area contributed by atoms with Crippen LogP contribution in [0.1, 0.15) is 40.0 Å². The Hall–Kier alpha value is -4.85. The van der Waals surface area contributed by atoms with Crippen LogP contribution in [0.3, 0.4) is 0 Å². The number of rotatable bonds is 7. The molecule has 4 aromatic rings. The molecule has 2 bridgehead atoms. The molecule has 3 fully saturated rings. The molecule has 2 aliphatic carbocycles. The van der Waals surface area contributed by atoms with E-state index in [4.69, 9.17) is 14.5 Å². The fourth-order valence-corrected chi connectivity index (χ4v) is 7.05. The number of benzene rings is 3. The quantitative estimate of drug-likeness (QED) is 0.167. The van der Waals surface area contributed by atoms with Gasteiger partial charge in [0.15, 0.2) is 12.4 Å². The SMILES string of the molecule is COc1cccc(C(=O)COC(=O)c2cc(-c3cccc(N4C(=O)[C@H]5[C@H]6CC[C@@H](C6)[C@@H]5C4=O)c3)nc3ccccc23)c1. The number of fused-ring (bicyclic) bond motifs is 6. The van der Waals surface area contributed by atoms with E-state index in [1.54, 1.807) is 66.7 Å². The Bertz CT molecular complexity index is 1750. The number of ketones is 1. The predicted octanol–water partition coefficient (Wildman–Crippen LogP) is 5.49. The summed E-state index contributed by atoms with van der Waals surface area (Å²) in [6, 6.07) is 22.6. The van der Waals surface area contributed by atoms with E-state index in [2.05, 4.69) is 0 Å². The van der Waals surface area contributed by atoms with Gasteiger partial charge in [0.05, 0.1) is 41.4 Å². The zero-order valence-electron chi connectivity index (χ0n) is 23.0. The molecule has 0 N–H and O–H groups in total. The molecule has 2 heterocycles. The van der Waals surface area contributed by atoms with Crippen molar-refractivity contribution in [1.82, 2.24) is 4.98 Å². The highest BCUT2D eigenvalue weighted by Gasteiger charge is 2.61. The average Bonchev–Trinajstić information content (AvgIpc) is 3.72. The molecule has 4 atom stereocenters. The number of para-hydroxylation sites is 1. The second-order valence-electron chi connectivity index (χ2n) is 11.3. The molecule has 8 heteroatoms. The van der Waals surface area contributed by atoms with Crippen LogP contribution in [0.15, 0.2) is 78.9 Å². The van der Waals surface area contributed by atoms with E-state index < -0.39 is 12.6 Å². The van der Waals surface area contributed by atoms with Gasteiger partial charge in [0, 0.05) is 16.5 Å². The van der Waals surface area contributed by atoms with Crippen molar-refractivity contribution in [3.63, 3.8) is 0 Å². The van der Waals surface area contributed by atoms with Gasteiger partial charge in [-0.15, -0.1) is 0 Å². The maximum atomic E-state index is 13.4. The molecular weight excluding hydrogens is 532 g/mol. The zero-order valence-corrected chi connectivity index (χ0v) is 23.0. The van der Waals surface area contributed by atoms with Crippen molar-refractivity contribution >= 4 is 40.2 Å². The lowest BCUT2D eigenvalue weighted by Crippen LogP contribution is -2.32. The van der Waals surface area contributed by atoms with Gasteiger partial charge in [0.2, 0.25) is 11.8 Å². The summed E-state index contributed by atoms with van der Waals surface area (Å²) in [6.45, 7) is -0.434. The third kappa shape index (κ3) is 4.26. The molecule has 1 saturated heterocycles. The van der Waals surface area contributed by atoms with Gasteiger partial charge >= 0.3 is 5.97 Å². The summed E-state index contributed by atoms with van der Waals surface area (Å²) in [4.78, 5) is 59.0. The van der Waals surface area contributed by atoms with Crippen LogP contribution in [0, 0.1) is 23.7 Å². The van der Waals surface area contributed by atoms with E-state index in [0.717, 1.165) is 19.3 Å². The molecule has 210 valence electrons. The Morgan fingerprint density at radius 1 is 0.881 bits per heavy atom. The summed E-state index contributed by atoms with van der Waals surface area (Å²) in [7, 11) is 1.51. The number of anilines is 1. The molecule has 42 heavy (non-hydrogen) atoms. The Balaban J connectivity index is 1.18. The lowest BCUT2D eigenvalue weighted by atomic mass is 9.81. The summed E-state index contributed by atoms with van der Waals surface area (Å²) < 4.78 is 10.6. The topological polar surface area (TPSA) is 103 Å². The third-order valence-corrected chi connectivity index (χ3v) is 8.99. The summed E-state index contributed by atoms with van der Waals surface area (Å²) in [5.74, 6) is -0.502. The molecule has 2 amide bonds. The molecule has 0 unspecified atom stereocenters. The standard InChI is InChI=1S/C34H28N2O6/c1-41-24-9-5-7-20(16-24)29(37)18-42-34(40)26-17-28(35-27-11-3-2-10-25(26)27)19-6-4-8-23(15-19)36-32(38)30-21-12-13-22(14-21)31(30)33(36)39/h2-11,15-17,21-22,30-31H,12-14,18H2,1H3/t21-,22-,30-,31-/m0/s1. The number of aromatic nitrogens is 1. The predicted molar refractivity (Wildman–Crippen MR) is 155 cm³/mol. The van der Waals surface area contributed by atoms with Gasteiger partial charge in [-0.05, 0) is 67.5 Å². The Kier molecular flexibility index (Phi) is 6.34. The molecule has 3 aliphatic rings. The fourth-order valence-electron chi connectivity index (χ4n) is 7.05. The van der Waals surface area contributed by atoms with Gasteiger partial charge in [-0.2, -0.15) is 0 Å². The third-order valence-electron chi connectivity index (χ3n) is 8.99. The number of hydrogen-bond donors (Lipinski definition) is 0. The number of amides is 2. The second kappa shape index (κ2) is 10.2. The number of pyridine rings is 1. The lowest BCUT2D eigenvalue weighted by Gasteiger charge is -2.19. The molecule has 8 nitrogen and oxygen atoms in total. The van der Waals surface area contributed by atoms with E-state index in [0.29, 0.717) is 51.0 Å². The van der Waals surface area contributed by atoms with E-state index >= 15 is 0 Å². The van der Waals surface area contributed by atoms with Crippen molar-refractivity contribution in [2.45, 2.75) is 19.3 Å². The van der Waals surface area contributed by atoms with Crippen molar-refractivity contribution in [3.8, 4) is 17.0 Å². The first kappa shape index (κ1) is 26.1. The highest BCUT2D eigenvalue weighted by molar-refractivity contribution is 6.22. The minimum atomic E-state index is -0.657. The Labute approximate surface area is 242 Å². The van der Waals surface area contributed by atoms with Crippen LogP contribution in [0.25, 0.3) is 22.2 Å². The van der Waals surface area contributed by atoms with Crippen molar-refractivity contribution in [3.05, 3.63) is 90.0 Å². The van der Waals surface area contributed by atoms with E-state index in [9.17, 15) is 19.2 Å². The first-order chi connectivity index (χ1) is 20.4. The molecule has 7 rings (SSSR count). The fraction of sp³-hybridized carbons (Fsp3) is 0.265. The van der Waals surface area contributed by atoms with Crippen LogP contribution in [0.2, 0.25) is 0 Å². The van der Waals surface area contributed by atoms with Crippen molar-refractivity contribution in [2.24, 2.45) is 23.7 Å². The number of Topliss-reactive ketones (excluding diaryl/α,β-unsaturated/α-hetero) is 1. The van der Waals surface area contributed by atoms with Crippen molar-refractivity contribution < 1.29 is 28.7 Å². The number of hydrogen-bond acceptors (Lipinski definition) is 7. The molecule has 0 radical (unpaired) electrons.